The Morgan fingerprint density at radius 1 is 1.65 bits per heavy atom. The number of rotatable bonds is 5. The largest absolute Gasteiger partial charge is 0.394 e. The second-order valence-electron chi connectivity index (χ2n) is 3.80. The first-order chi connectivity index (χ1) is 10.4. The molecule has 94 valence electrons. The van der Waals surface area contributed by atoms with Gasteiger partial charge in [-0.25, -0.2) is 0 Å². The number of halogens is 1. The van der Waals surface area contributed by atoms with Crippen LogP contribution in [0.5, 0.6) is 0 Å². The fourth-order valence-electron chi connectivity index (χ4n) is 1.37. The van der Waals surface area contributed by atoms with Gasteiger partial charge in [0.25, 0.3) is 0 Å². The molecule has 0 spiro atoms. The Hall–Kier alpha value is -0.900. The Morgan fingerprint density at radius 2 is 2.35 bits per heavy atom. The maximum absolute atomic E-state index is 12.4. The van der Waals surface area contributed by atoms with Crippen LogP contribution in [-0.2, 0) is 0 Å². The minimum atomic E-state index is -3.05. The molecule has 3 nitrogen and oxygen atoms in total. The van der Waals surface area contributed by atoms with E-state index in [1.54, 1.807) is 12.1 Å². The van der Waals surface area contributed by atoms with Gasteiger partial charge in [0, 0.05) is 24.3 Å². The molecule has 0 radical (unpaired) electrons. The number of aliphatic hydroxyl groups is 1. The van der Waals surface area contributed by atoms with Crippen LogP contribution in [0.1, 0.15) is 39.2 Å². The maximum Gasteiger partial charge on any atom is 0.179 e. The van der Waals surface area contributed by atoms with Crippen molar-refractivity contribution >= 4 is 17.4 Å². The van der Waals surface area contributed by atoms with E-state index in [1.807, 2.05) is 0 Å². The predicted molar refractivity (Wildman–Crippen MR) is 69.5 cm³/mol. The quantitative estimate of drug-likeness (QED) is 0.800. The van der Waals surface area contributed by atoms with Crippen LogP contribution in [0.4, 0.5) is 0 Å². The number of ketones is 1. The minimum Gasteiger partial charge on any atom is -0.394 e. The van der Waals surface area contributed by atoms with E-state index in [2.05, 4.69) is 5.32 Å². The van der Waals surface area contributed by atoms with Crippen molar-refractivity contribution in [2.75, 3.05) is 6.61 Å². The third-order valence-corrected chi connectivity index (χ3v) is 2.44. The monoisotopic (exact) mass is 261 g/mol. The van der Waals surface area contributed by atoms with Gasteiger partial charge < -0.3 is 10.4 Å². The molecule has 1 rings (SSSR count). The van der Waals surface area contributed by atoms with E-state index >= 15 is 0 Å². The molecule has 4 heteroatoms. The van der Waals surface area contributed by atoms with Gasteiger partial charge >= 0.3 is 0 Å². The molecule has 0 aliphatic carbocycles. The molecular weight excluding hydrogens is 238 g/mol. The molecule has 0 heterocycles. The van der Waals surface area contributed by atoms with Crippen molar-refractivity contribution in [2.24, 2.45) is 0 Å². The van der Waals surface area contributed by atoms with E-state index in [-0.39, 0.29) is 5.56 Å². The lowest BCUT2D eigenvalue weighted by atomic mass is 10.0. The smallest absolute Gasteiger partial charge is 0.179 e. The Bertz CT molecular complexity index is 558. The molecule has 0 saturated carbocycles. The van der Waals surface area contributed by atoms with Gasteiger partial charge in [-0.2, -0.15) is 0 Å². The van der Waals surface area contributed by atoms with Crippen molar-refractivity contribution in [3.63, 3.8) is 0 Å². The standard InChI is InChI=1S/C13H18ClNO2/c1-9(15-13(2,3)8-16)12(17)10-5-4-6-11(14)7-10/h4-7,9,15-16H,8H2,1-3H3/i2D3,3D3. The maximum atomic E-state index is 12.4. The third kappa shape index (κ3) is 4.11. The summed E-state index contributed by atoms with van der Waals surface area (Å²) < 4.78 is 44.9. The van der Waals surface area contributed by atoms with Gasteiger partial charge in [0.1, 0.15) is 0 Å². The Balaban J connectivity index is 3.16. The molecule has 1 aromatic carbocycles. The first-order valence-electron chi connectivity index (χ1n) is 8.04. The average molecular weight is 262 g/mol. The summed E-state index contributed by atoms with van der Waals surface area (Å²) in [4.78, 5) is 12.4. The van der Waals surface area contributed by atoms with Gasteiger partial charge in [-0.3, -0.25) is 4.79 Å². The van der Waals surface area contributed by atoms with Crippen molar-refractivity contribution < 1.29 is 18.1 Å². The highest BCUT2D eigenvalue weighted by Crippen LogP contribution is 2.13. The van der Waals surface area contributed by atoms with E-state index in [0.29, 0.717) is 5.02 Å². The van der Waals surface area contributed by atoms with Crippen LogP contribution in [0.3, 0.4) is 0 Å². The van der Waals surface area contributed by atoms with E-state index in [4.69, 9.17) is 19.8 Å². The van der Waals surface area contributed by atoms with Crippen molar-refractivity contribution in [3.8, 4) is 0 Å². The minimum absolute atomic E-state index is 0.209. The fourth-order valence-corrected chi connectivity index (χ4v) is 1.56. The topological polar surface area (TPSA) is 49.3 Å². The lowest BCUT2D eigenvalue weighted by molar-refractivity contribution is 0.0911. The number of hydrogen-bond donors (Lipinski definition) is 2. The molecular formula is C13H18ClNO2. The van der Waals surface area contributed by atoms with E-state index in [9.17, 15) is 9.90 Å². The number of hydrogen-bond acceptors (Lipinski definition) is 3. The summed E-state index contributed by atoms with van der Waals surface area (Å²) in [5.74, 6) is -0.529. The molecule has 1 unspecified atom stereocenters. The average Bonchev–Trinajstić information content (AvgIpc) is 2.40. The summed E-state index contributed by atoms with van der Waals surface area (Å²) in [7, 11) is 0. The summed E-state index contributed by atoms with van der Waals surface area (Å²) >= 11 is 5.81. The molecule has 0 amide bonds. The molecule has 17 heavy (non-hydrogen) atoms. The van der Waals surface area contributed by atoms with Crippen LogP contribution in [0.15, 0.2) is 24.3 Å². The van der Waals surface area contributed by atoms with E-state index in [0.717, 1.165) is 0 Å². The summed E-state index contributed by atoms with van der Waals surface area (Å²) in [6, 6.07) is 4.85. The van der Waals surface area contributed by atoms with Gasteiger partial charge in [0.2, 0.25) is 0 Å². The van der Waals surface area contributed by atoms with Crippen LogP contribution in [0.2, 0.25) is 5.02 Å². The van der Waals surface area contributed by atoms with Crippen LogP contribution in [-0.4, -0.2) is 29.1 Å². The zero-order valence-corrected chi connectivity index (χ0v) is 10.1. The van der Waals surface area contributed by atoms with Crippen LogP contribution < -0.4 is 5.32 Å². The number of Topliss-reactive ketones (excluding diaryl/α,β-unsaturated/α-hetero) is 1. The van der Waals surface area contributed by atoms with Crippen LogP contribution in [0.25, 0.3) is 0 Å². The Labute approximate surface area is 115 Å². The highest BCUT2D eigenvalue weighted by atomic mass is 35.5. The molecule has 0 bridgehead atoms. The number of benzene rings is 1. The lowest BCUT2D eigenvalue weighted by Crippen LogP contribution is -2.50. The van der Waals surface area contributed by atoms with Gasteiger partial charge in [-0.1, -0.05) is 23.7 Å². The summed E-state index contributed by atoms with van der Waals surface area (Å²) in [6.45, 7) is -5.93. The first kappa shape index (κ1) is 7.52. The summed E-state index contributed by atoms with van der Waals surface area (Å²) in [6.07, 6.45) is 0. The predicted octanol–water partition coefficient (Wildman–Crippen LogP) is 2.27. The van der Waals surface area contributed by atoms with Crippen LogP contribution >= 0.6 is 11.6 Å². The van der Waals surface area contributed by atoms with Crippen molar-refractivity contribution in [2.45, 2.75) is 32.2 Å². The van der Waals surface area contributed by atoms with Gasteiger partial charge in [-0.05, 0) is 32.8 Å². The van der Waals surface area contributed by atoms with Gasteiger partial charge in [0.05, 0.1) is 12.6 Å². The molecule has 0 aromatic heterocycles. The molecule has 0 fully saturated rings. The van der Waals surface area contributed by atoms with E-state index < -0.39 is 37.7 Å². The third-order valence-electron chi connectivity index (χ3n) is 2.20. The molecule has 1 aromatic rings. The van der Waals surface area contributed by atoms with Crippen LogP contribution in [0, 0.1) is 0 Å². The van der Waals surface area contributed by atoms with Crippen molar-refractivity contribution in [1.29, 1.82) is 0 Å². The number of nitrogens with one attached hydrogen (secondary N) is 1. The number of aliphatic hydroxyl groups excluding tert-OH is 1. The van der Waals surface area contributed by atoms with Crippen molar-refractivity contribution in [3.05, 3.63) is 34.9 Å². The SMILES string of the molecule is [2H]C([2H])([2H])C(CO)(NC(C)C(=O)c1cccc(Cl)c1)C([2H])([2H])[2H]. The fraction of sp³-hybridized carbons (Fsp3) is 0.462. The molecule has 0 aliphatic heterocycles. The summed E-state index contributed by atoms with van der Waals surface area (Å²) in [5, 5.41) is 12.1. The van der Waals surface area contributed by atoms with Gasteiger partial charge in [0.15, 0.2) is 5.78 Å². The van der Waals surface area contributed by atoms with Gasteiger partial charge in [-0.15, -0.1) is 0 Å². The first-order valence-corrected chi connectivity index (χ1v) is 5.42. The summed E-state index contributed by atoms with van der Waals surface area (Å²) in [5.41, 5.74) is -2.39. The zero-order chi connectivity index (χ0) is 18.1. The highest BCUT2D eigenvalue weighted by Gasteiger charge is 2.23. The van der Waals surface area contributed by atoms with Crippen molar-refractivity contribution in [1.82, 2.24) is 5.32 Å². The second-order valence-corrected chi connectivity index (χ2v) is 4.24. The molecule has 0 aliphatic rings. The Morgan fingerprint density at radius 3 is 2.88 bits per heavy atom. The second kappa shape index (κ2) is 5.63. The zero-order valence-electron chi connectivity index (χ0n) is 15.3. The normalized spacial score (nSPS) is 20.2. The highest BCUT2D eigenvalue weighted by molar-refractivity contribution is 6.31. The lowest BCUT2D eigenvalue weighted by Gasteiger charge is -2.27. The number of carbonyl (C=O) groups excluding carboxylic acids is 1. The van der Waals surface area contributed by atoms with E-state index in [1.165, 1.54) is 19.1 Å². The molecule has 1 atom stereocenters. The number of carbonyl (C=O) groups is 1. The Kier molecular flexibility index (Phi) is 2.49. The molecule has 0 saturated heterocycles. The molecule has 2 N–H and O–H groups in total.